The molecule has 42 valence electrons. The minimum atomic E-state index is -4.16. The molecule has 0 aliphatic rings. The first-order valence-electron chi connectivity index (χ1n) is 1.36. The maximum absolute atomic E-state index is 9.66. The third-order valence-electron chi connectivity index (χ3n) is 0.331. The van der Waals surface area contributed by atoms with Gasteiger partial charge >= 0.3 is 10.1 Å². The first kappa shape index (κ1) is 6.45. The Morgan fingerprint density at radius 1 is 1.71 bits per heavy atom. The molecule has 0 aromatic heterocycles. The lowest BCUT2D eigenvalue weighted by Gasteiger charge is -1.86. The summed E-state index contributed by atoms with van der Waals surface area (Å²) >= 11 is 0. The molecule has 0 heterocycles. The fourth-order valence-electron chi connectivity index (χ4n) is 0. The van der Waals surface area contributed by atoms with Gasteiger partial charge in [-0.05, 0) is 0 Å². The van der Waals surface area contributed by atoms with Crippen molar-refractivity contribution in [2.75, 3.05) is 0 Å². The van der Waals surface area contributed by atoms with Gasteiger partial charge < -0.3 is 5.73 Å². The third kappa shape index (κ3) is 2.18. The van der Waals surface area contributed by atoms with Gasteiger partial charge in [0.05, 0.1) is 0 Å². The van der Waals surface area contributed by atoms with Crippen molar-refractivity contribution in [2.45, 2.75) is 0 Å². The zero-order valence-electron chi connectivity index (χ0n) is 3.46. The molecule has 0 rings (SSSR count). The summed E-state index contributed by atoms with van der Waals surface area (Å²) < 4.78 is 27.2. The lowest BCUT2D eigenvalue weighted by atomic mass is 11.1. The van der Waals surface area contributed by atoms with Crippen LogP contribution in [0.15, 0.2) is 11.6 Å². The summed E-state index contributed by atoms with van der Waals surface area (Å²) in [6.07, 6.45) is 0. The molecule has 0 unspecified atom stereocenters. The van der Waals surface area contributed by atoms with Gasteiger partial charge in [-0.1, -0.05) is 6.58 Å². The van der Waals surface area contributed by atoms with Gasteiger partial charge in [-0.25, -0.2) is 0 Å². The predicted molar refractivity (Wildman–Crippen MR) is 24.9 cm³/mol. The SMILES string of the molecule is C=C(N)S(=O)(=O)O. The molecule has 4 nitrogen and oxygen atoms in total. The first-order chi connectivity index (χ1) is 2.94. The molecule has 3 N–H and O–H groups in total. The Bertz CT molecular complexity index is 167. The average Bonchev–Trinajstić information content (AvgIpc) is 1.31. The highest BCUT2D eigenvalue weighted by Crippen LogP contribution is 1.86. The van der Waals surface area contributed by atoms with Crippen LogP contribution in [-0.4, -0.2) is 13.0 Å². The zero-order valence-corrected chi connectivity index (χ0v) is 4.27. The summed E-state index contributed by atoms with van der Waals surface area (Å²) in [6, 6.07) is 0. The van der Waals surface area contributed by atoms with Crippen LogP contribution in [0.3, 0.4) is 0 Å². The van der Waals surface area contributed by atoms with Crippen molar-refractivity contribution in [1.29, 1.82) is 0 Å². The highest BCUT2D eigenvalue weighted by atomic mass is 32.2. The highest BCUT2D eigenvalue weighted by molar-refractivity contribution is 7.89. The van der Waals surface area contributed by atoms with E-state index in [0.717, 1.165) is 0 Å². The van der Waals surface area contributed by atoms with Gasteiger partial charge in [-0.2, -0.15) is 8.42 Å². The summed E-state index contributed by atoms with van der Waals surface area (Å²) in [5.74, 6) is 0. The van der Waals surface area contributed by atoms with Crippen molar-refractivity contribution >= 4 is 10.1 Å². The normalized spacial score (nSPS) is 11.0. The molecule has 0 bridgehead atoms. The van der Waals surface area contributed by atoms with E-state index in [2.05, 4.69) is 12.3 Å². The molecule has 0 aliphatic heterocycles. The number of hydrogen-bond acceptors (Lipinski definition) is 3. The molecule has 7 heavy (non-hydrogen) atoms. The second-order valence-electron chi connectivity index (χ2n) is 0.941. The maximum Gasteiger partial charge on any atom is 0.308 e. The first-order valence-corrected chi connectivity index (χ1v) is 2.80. The second kappa shape index (κ2) is 1.51. The molecule has 0 amide bonds. The Kier molecular flexibility index (Phi) is 1.39. The quantitative estimate of drug-likeness (QED) is 0.452. The molecule has 0 aromatic rings. The molecular weight excluding hydrogens is 118 g/mol. The number of nitrogens with two attached hydrogens (primary N) is 1. The largest absolute Gasteiger partial charge is 0.388 e. The van der Waals surface area contributed by atoms with E-state index in [-0.39, 0.29) is 0 Å². The minimum absolute atomic E-state index is 0.729. The van der Waals surface area contributed by atoms with E-state index < -0.39 is 15.1 Å². The smallest absolute Gasteiger partial charge is 0.308 e. The topological polar surface area (TPSA) is 80.4 Å². The van der Waals surface area contributed by atoms with E-state index in [1.807, 2.05) is 0 Å². The van der Waals surface area contributed by atoms with Crippen LogP contribution in [0.2, 0.25) is 0 Å². The molecule has 0 saturated heterocycles. The molecule has 0 radical (unpaired) electrons. The van der Waals surface area contributed by atoms with E-state index in [9.17, 15) is 8.42 Å². The van der Waals surface area contributed by atoms with Gasteiger partial charge in [0, 0.05) is 0 Å². The fourth-order valence-corrected chi connectivity index (χ4v) is 0. The van der Waals surface area contributed by atoms with Crippen molar-refractivity contribution in [2.24, 2.45) is 5.73 Å². The van der Waals surface area contributed by atoms with Crippen molar-refractivity contribution in [3.8, 4) is 0 Å². The van der Waals surface area contributed by atoms with E-state index >= 15 is 0 Å². The summed E-state index contributed by atoms with van der Waals surface area (Å²) in [5, 5.41) is -0.729. The van der Waals surface area contributed by atoms with Crippen LogP contribution < -0.4 is 5.73 Å². The van der Waals surface area contributed by atoms with Gasteiger partial charge in [0.1, 0.15) is 5.03 Å². The minimum Gasteiger partial charge on any atom is -0.388 e. The monoisotopic (exact) mass is 123 g/mol. The molecule has 5 heteroatoms. The van der Waals surface area contributed by atoms with Crippen LogP contribution in [0.1, 0.15) is 0 Å². The second-order valence-corrected chi connectivity index (χ2v) is 2.42. The summed E-state index contributed by atoms with van der Waals surface area (Å²) in [7, 11) is -4.16. The van der Waals surface area contributed by atoms with Crippen LogP contribution in [0.5, 0.6) is 0 Å². The average molecular weight is 123 g/mol. The maximum atomic E-state index is 9.66. The summed E-state index contributed by atoms with van der Waals surface area (Å²) in [5.41, 5.74) is 4.54. The lowest BCUT2D eigenvalue weighted by molar-refractivity contribution is 0.490. The Hall–Kier alpha value is -0.550. The Morgan fingerprint density at radius 3 is 1.86 bits per heavy atom. The van der Waals surface area contributed by atoms with Gasteiger partial charge in [0.15, 0.2) is 0 Å². The van der Waals surface area contributed by atoms with Gasteiger partial charge in [0.25, 0.3) is 0 Å². The molecule has 0 spiro atoms. The van der Waals surface area contributed by atoms with Crippen LogP contribution in [0.25, 0.3) is 0 Å². The van der Waals surface area contributed by atoms with Crippen LogP contribution in [-0.2, 0) is 10.1 Å². The van der Waals surface area contributed by atoms with Crippen LogP contribution >= 0.6 is 0 Å². The van der Waals surface area contributed by atoms with E-state index in [1.165, 1.54) is 0 Å². The molecule has 0 fully saturated rings. The number of hydrogen-bond donors (Lipinski definition) is 2. The van der Waals surface area contributed by atoms with Crippen LogP contribution in [0.4, 0.5) is 0 Å². The van der Waals surface area contributed by atoms with Gasteiger partial charge in [0.2, 0.25) is 0 Å². The van der Waals surface area contributed by atoms with Crippen LogP contribution in [0, 0.1) is 0 Å². The third-order valence-corrected chi connectivity index (χ3v) is 0.994. The van der Waals surface area contributed by atoms with Gasteiger partial charge in [-0.15, -0.1) is 0 Å². The standard InChI is InChI=1S/C2H5NO3S/c1-2(3)7(4,5)6/h1,3H2,(H,4,5,6). The fraction of sp³-hybridized carbons (Fsp3) is 0. The molecular formula is C2H5NO3S. The molecule has 0 saturated carbocycles. The summed E-state index contributed by atoms with van der Waals surface area (Å²) in [4.78, 5) is 0. The molecule has 0 aliphatic carbocycles. The van der Waals surface area contributed by atoms with Crippen molar-refractivity contribution in [3.05, 3.63) is 11.6 Å². The Morgan fingerprint density at radius 2 is 1.86 bits per heavy atom. The van der Waals surface area contributed by atoms with Crippen molar-refractivity contribution < 1.29 is 13.0 Å². The Balaban J connectivity index is 4.43. The van der Waals surface area contributed by atoms with E-state index in [4.69, 9.17) is 4.55 Å². The number of rotatable bonds is 1. The Labute approximate surface area is 41.4 Å². The van der Waals surface area contributed by atoms with E-state index in [0.29, 0.717) is 0 Å². The molecule has 0 aromatic carbocycles. The zero-order chi connectivity index (χ0) is 6.08. The summed E-state index contributed by atoms with van der Waals surface area (Å²) in [6.45, 7) is 2.77. The lowest BCUT2D eigenvalue weighted by Crippen LogP contribution is -2.08. The van der Waals surface area contributed by atoms with E-state index in [1.54, 1.807) is 0 Å². The van der Waals surface area contributed by atoms with Gasteiger partial charge in [-0.3, -0.25) is 4.55 Å². The highest BCUT2D eigenvalue weighted by Gasteiger charge is 2.02. The van der Waals surface area contributed by atoms with Crippen molar-refractivity contribution in [1.82, 2.24) is 0 Å². The van der Waals surface area contributed by atoms with Crippen molar-refractivity contribution in [3.63, 3.8) is 0 Å². The molecule has 0 atom stereocenters. The predicted octanol–water partition coefficient (Wildman–Crippen LogP) is -0.696.